The molecule has 2 amide bonds. The third-order valence-electron chi connectivity index (χ3n) is 2.83. The Balaban J connectivity index is 2.08. The quantitative estimate of drug-likeness (QED) is 0.698. The molecule has 1 fully saturated rings. The zero-order chi connectivity index (χ0) is 14.5. The zero-order valence-corrected chi connectivity index (χ0v) is 12.7. The van der Waals surface area contributed by atoms with Gasteiger partial charge in [-0.1, -0.05) is 6.92 Å². The van der Waals surface area contributed by atoms with E-state index < -0.39 is 6.04 Å². The van der Waals surface area contributed by atoms with Gasteiger partial charge in [-0.25, -0.2) is 4.98 Å². The van der Waals surface area contributed by atoms with Gasteiger partial charge in [0.15, 0.2) is 0 Å². The Morgan fingerprint density at radius 3 is 3.00 bits per heavy atom. The minimum Gasteiger partial charge on any atom is -0.357 e. The molecule has 1 atom stereocenters. The van der Waals surface area contributed by atoms with E-state index in [1.807, 2.05) is 6.92 Å². The highest BCUT2D eigenvalue weighted by atomic mass is 79.9. The molecule has 7 nitrogen and oxygen atoms in total. The number of nitrogens with zero attached hydrogens (tertiary/aromatic N) is 2. The fourth-order valence-corrected chi connectivity index (χ4v) is 2.09. The van der Waals surface area contributed by atoms with E-state index >= 15 is 0 Å². The summed E-state index contributed by atoms with van der Waals surface area (Å²) in [6, 6.07) is -0.460. The van der Waals surface area contributed by atoms with Gasteiger partial charge in [0.2, 0.25) is 17.8 Å². The molecule has 0 spiro atoms. The molecule has 108 valence electrons. The lowest BCUT2D eigenvalue weighted by molar-refractivity contribution is -0.133. The van der Waals surface area contributed by atoms with E-state index in [1.54, 1.807) is 6.20 Å². The average molecular weight is 342 g/mol. The van der Waals surface area contributed by atoms with Crippen LogP contribution in [0.5, 0.6) is 0 Å². The number of halogens is 1. The zero-order valence-electron chi connectivity index (χ0n) is 11.1. The summed E-state index contributed by atoms with van der Waals surface area (Å²) in [6.45, 7) is 2.83. The van der Waals surface area contributed by atoms with Crippen LogP contribution in [0, 0.1) is 0 Å². The average Bonchev–Trinajstić information content (AvgIpc) is 2.42. The molecule has 20 heavy (non-hydrogen) atoms. The Morgan fingerprint density at radius 1 is 1.50 bits per heavy atom. The van der Waals surface area contributed by atoms with E-state index in [2.05, 4.69) is 41.8 Å². The maximum absolute atomic E-state index is 11.7. The highest BCUT2D eigenvalue weighted by molar-refractivity contribution is 9.10. The highest BCUT2D eigenvalue weighted by Gasteiger charge is 2.27. The topological polar surface area (TPSA) is 96.0 Å². The molecule has 1 aromatic heterocycles. The van der Waals surface area contributed by atoms with Crippen molar-refractivity contribution in [2.24, 2.45) is 0 Å². The first-order chi connectivity index (χ1) is 9.60. The minimum atomic E-state index is -0.460. The summed E-state index contributed by atoms with van der Waals surface area (Å²) < 4.78 is 0.671. The lowest BCUT2D eigenvalue weighted by atomic mass is 10.1. The molecule has 1 saturated heterocycles. The van der Waals surface area contributed by atoms with Gasteiger partial charge in [-0.05, 0) is 28.8 Å². The molecule has 0 aromatic carbocycles. The second-order valence-electron chi connectivity index (χ2n) is 4.46. The fraction of sp³-hybridized carbons (Fsp3) is 0.500. The number of hydrogen-bond donors (Lipinski definition) is 3. The van der Waals surface area contributed by atoms with Crippen molar-refractivity contribution >= 4 is 39.5 Å². The number of piperidine rings is 1. The van der Waals surface area contributed by atoms with E-state index in [-0.39, 0.29) is 11.8 Å². The van der Waals surface area contributed by atoms with Crippen LogP contribution in [0.25, 0.3) is 0 Å². The van der Waals surface area contributed by atoms with Crippen LogP contribution in [0.15, 0.2) is 10.7 Å². The number of imide groups is 1. The number of nitrogens with one attached hydrogen (secondary N) is 3. The largest absolute Gasteiger partial charge is 0.357 e. The summed E-state index contributed by atoms with van der Waals surface area (Å²) in [5.74, 6) is 0.480. The molecule has 1 aliphatic rings. The predicted molar refractivity (Wildman–Crippen MR) is 78.3 cm³/mol. The molecule has 1 aliphatic heterocycles. The second-order valence-corrected chi connectivity index (χ2v) is 5.32. The number of aromatic nitrogens is 2. The van der Waals surface area contributed by atoms with Crippen LogP contribution in [-0.2, 0) is 9.59 Å². The summed E-state index contributed by atoms with van der Waals surface area (Å²) in [6.07, 6.45) is 3.38. The molecule has 2 rings (SSSR count). The van der Waals surface area contributed by atoms with E-state index in [0.29, 0.717) is 29.1 Å². The standard InChI is InChI=1S/C12H16BrN5O2/c1-2-5-14-12-15-6-7(13)10(18-12)16-8-3-4-9(19)17-11(8)20/h6,8H,2-5H2,1H3,(H,17,19,20)(H2,14,15,16,18). The molecule has 0 saturated carbocycles. The molecule has 2 heterocycles. The fourth-order valence-electron chi connectivity index (χ4n) is 1.79. The van der Waals surface area contributed by atoms with Crippen molar-refractivity contribution in [3.63, 3.8) is 0 Å². The SMILES string of the molecule is CCCNc1ncc(Br)c(NC2CCC(=O)NC2=O)n1. The van der Waals surface area contributed by atoms with Gasteiger partial charge in [0.1, 0.15) is 11.9 Å². The van der Waals surface area contributed by atoms with Gasteiger partial charge in [-0.2, -0.15) is 4.98 Å². The summed E-state index contributed by atoms with van der Waals surface area (Å²) in [7, 11) is 0. The van der Waals surface area contributed by atoms with Crippen LogP contribution >= 0.6 is 15.9 Å². The van der Waals surface area contributed by atoms with Crippen molar-refractivity contribution in [1.29, 1.82) is 0 Å². The second kappa shape index (κ2) is 6.65. The Bertz CT molecular complexity index is 523. The maximum atomic E-state index is 11.7. The highest BCUT2D eigenvalue weighted by Crippen LogP contribution is 2.22. The van der Waals surface area contributed by atoms with E-state index in [9.17, 15) is 9.59 Å². The number of hydrogen-bond acceptors (Lipinski definition) is 6. The van der Waals surface area contributed by atoms with E-state index in [4.69, 9.17) is 0 Å². The molecule has 3 N–H and O–H groups in total. The number of anilines is 2. The first-order valence-electron chi connectivity index (χ1n) is 6.46. The van der Waals surface area contributed by atoms with E-state index in [1.165, 1.54) is 0 Å². The van der Waals surface area contributed by atoms with Crippen LogP contribution in [0.3, 0.4) is 0 Å². The van der Waals surface area contributed by atoms with Gasteiger partial charge >= 0.3 is 0 Å². The lowest BCUT2D eigenvalue weighted by Gasteiger charge is -2.22. The summed E-state index contributed by atoms with van der Waals surface area (Å²) in [4.78, 5) is 31.3. The van der Waals surface area contributed by atoms with Crippen molar-refractivity contribution in [2.75, 3.05) is 17.2 Å². The van der Waals surface area contributed by atoms with E-state index in [0.717, 1.165) is 13.0 Å². The van der Waals surface area contributed by atoms with Crippen molar-refractivity contribution in [3.8, 4) is 0 Å². The molecule has 1 unspecified atom stereocenters. The van der Waals surface area contributed by atoms with Crippen LogP contribution in [-0.4, -0.2) is 34.4 Å². The molecular formula is C12H16BrN5O2. The Labute approximate surface area is 125 Å². The smallest absolute Gasteiger partial charge is 0.249 e. The van der Waals surface area contributed by atoms with Crippen molar-refractivity contribution in [1.82, 2.24) is 15.3 Å². The number of carbonyl (C=O) groups excluding carboxylic acids is 2. The third-order valence-corrected chi connectivity index (χ3v) is 3.41. The Morgan fingerprint density at radius 2 is 2.30 bits per heavy atom. The number of carbonyl (C=O) groups is 2. The maximum Gasteiger partial charge on any atom is 0.249 e. The van der Waals surface area contributed by atoms with Gasteiger partial charge < -0.3 is 10.6 Å². The molecule has 1 aromatic rings. The molecule has 0 radical (unpaired) electrons. The van der Waals surface area contributed by atoms with Crippen LogP contribution in [0.1, 0.15) is 26.2 Å². The van der Waals surface area contributed by atoms with Crippen molar-refractivity contribution in [2.45, 2.75) is 32.2 Å². The number of rotatable bonds is 5. The first-order valence-corrected chi connectivity index (χ1v) is 7.26. The van der Waals surface area contributed by atoms with Crippen molar-refractivity contribution in [3.05, 3.63) is 10.7 Å². The summed E-state index contributed by atoms with van der Waals surface area (Å²) >= 11 is 3.34. The normalized spacial score (nSPS) is 18.6. The molecular weight excluding hydrogens is 326 g/mol. The van der Waals surface area contributed by atoms with Gasteiger partial charge in [0, 0.05) is 19.2 Å². The van der Waals surface area contributed by atoms with Crippen molar-refractivity contribution < 1.29 is 9.59 Å². The molecule has 0 aliphatic carbocycles. The third kappa shape index (κ3) is 3.66. The Kier molecular flexibility index (Phi) is 4.89. The monoisotopic (exact) mass is 341 g/mol. The van der Waals surface area contributed by atoms with Crippen LogP contribution in [0.4, 0.5) is 11.8 Å². The predicted octanol–water partition coefficient (Wildman–Crippen LogP) is 1.28. The molecule has 8 heteroatoms. The summed E-state index contributed by atoms with van der Waals surface area (Å²) in [5.41, 5.74) is 0. The molecule has 0 bridgehead atoms. The Hall–Kier alpha value is -1.70. The van der Waals surface area contributed by atoms with Gasteiger partial charge in [-0.15, -0.1) is 0 Å². The number of amides is 2. The minimum absolute atomic E-state index is 0.236. The summed E-state index contributed by atoms with van der Waals surface area (Å²) in [5, 5.41) is 8.42. The van der Waals surface area contributed by atoms with Gasteiger partial charge in [0.25, 0.3) is 0 Å². The lowest BCUT2D eigenvalue weighted by Crippen LogP contribution is -2.47. The van der Waals surface area contributed by atoms with Crippen LogP contribution in [0.2, 0.25) is 0 Å². The van der Waals surface area contributed by atoms with Crippen LogP contribution < -0.4 is 16.0 Å². The van der Waals surface area contributed by atoms with Gasteiger partial charge in [0.05, 0.1) is 4.47 Å². The van der Waals surface area contributed by atoms with Gasteiger partial charge in [-0.3, -0.25) is 14.9 Å². The first kappa shape index (κ1) is 14.7.